The highest BCUT2D eigenvalue weighted by Crippen LogP contribution is 2.42. The first kappa shape index (κ1) is 53.0. The molecule has 0 spiro atoms. The Balaban J connectivity index is 1.25. The minimum atomic E-state index is -1.18. The van der Waals surface area contributed by atoms with Crippen molar-refractivity contribution in [2.45, 2.75) is 91.5 Å². The maximum Gasteiger partial charge on any atom is 0.324 e. The molecule has 3 heterocycles. The normalized spacial score (nSPS) is 17.8. The number of hydrogen-bond donors (Lipinski definition) is 4. The number of phenols is 1. The van der Waals surface area contributed by atoms with E-state index in [0.29, 0.717) is 49.2 Å². The molecule has 7 rings (SSSR count). The number of carbonyl (C=O) groups is 5. The predicted octanol–water partition coefficient (Wildman–Crippen LogP) is 7.26. The molecule has 6 bridgehead atoms. The van der Waals surface area contributed by atoms with Crippen molar-refractivity contribution in [2.75, 3.05) is 60.3 Å². The summed E-state index contributed by atoms with van der Waals surface area (Å²) in [5.74, 6) is -2.61. The van der Waals surface area contributed by atoms with Crippen LogP contribution in [0.1, 0.15) is 74.5 Å². The van der Waals surface area contributed by atoms with E-state index in [0.717, 1.165) is 45.4 Å². The maximum absolute atomic E-state index is 14.8. The molecule has 0 unspecified atom stereocenters. The highest BCUT2D eigenvalue weighted by molar-refractivity contribution is 6.01. The van der Waals surface area contributed by atoms with Gasteiger partial charge in [0.05, 0.1) is 12.3 Å². The van der Waals surface area contributed by atoms with Crippen LogP contribution in [-0.2, 0) is 49.8 Å². The van der Waals surface area contributed by atoms with Crippen LogP contribution in [0.25, 0.3) is 33.3 Å². The van der Waals surface area contributed by atoms with Gasteiger partial charge in [-0.1, -0.05) is 70.2 Å². The zero-order valence-electron chi connectivity index (χ0n) is 43.5. The van der Waals surface area contributed by atoms with Crippen LogP contribution in [0.15, 0.2) is 97.1 Å². The molecule has 2 aliphatic heterocycles. The lowest BCUT2D eigenvalue weighted by atomic mass is 9.84. The number of likely N-dealkylation sites (N-methyl/N-ethyl adjacent to an activating group) is 2. The smallest absolute Gasteiger partial charge is 0.324 e. The fourth-order valence-corrected chi connectivity index (χ4v) is 10.0. The Morgan fingerprint density at radius 3 is 2.36 bits per heavy atom. The van der Waals surface area contributed by atoms with E-state index in [2.05, 4.69) is 96.8 Å². The van der Waals surface area contributed by atoms with E-state index in [1.54, 1.807) is 49.5 Å². The number of benzene rings is 4. The third-order valence-electron chi connectivity index (χ3n) is 13.4. The minimum absolute atomic E-state index is 0.00372. The molecule has 1 saturated heterocycles. The Kier molecular flexibility index (Phi) is 16.7. The molecule has 3 atom stereocenters. The number of aryl methyl sites for hydroxylation is 1. The predicted molar refractivity (Wildman–Crippen MR) is 283 cm³/mol. The monoisotopic (exact) mass is 981 g/mol. The number of cyclic esters (lactones) is 1. The summed E-state index contributed by atoms with van der Waals surface area (Å²) in [6.45, 7) is 12.5. The first-order valence-electron chi connectivity index (χ1n) is 25.0. The summed E-state index contributed by atoms with van der Waals surface area (Å²) in [5.41, 5.74) is 11.2. The molecule has 4 amide bonds. The fraction of sp³-hybridized carbons (Fsp3) is 0.421. The number of nitrogens with one attached hydrogen (secondary N) is 3. The SMILES string of the molecule is CCn1c(-c2ccccc2CN(C)C)c2c3cc(ccc31)-c1cc(O)cc(c1)C[C@H](NC(=O)[C@H](C(C)C)N(C)C(=O)c1ccc(NC(=O)/C=C/CN(C)C)cc1)C(=O)N1CCC[C@H](N1)C(=O)OCC(C)(C)C2. The van der Waals surface area contributed by atoms with Crippen LogP contribution >= 0.6 is 0 Å². The molecule has 72 heavy (non-hydrogen) atoms. The van der Waals surface area contributed by atoms with Crippen LogP contribution < -0.4 is 16.1 Å². The van der Waals surface area contributed by atoms with Gasteiger partial charge in [0.15, 0.2) is 0 Å². The van der Waals surface area contributed by atoms with E-state index in [1.165, 1.54) is 21.5 Å². The number of aromatic hydroxyl groups is 1. The molecule has 15 heteroatoms. The number of fused-ring (bicyclic) bond motifs is 6. The first-order chi connectivity index (χ1) is 34.2. The molecule has 5 aromatic rings. The first-order valence-corrected chi connectivity index (χ1v) is 25.0. The zero-order valence-corrected chi connectivity index (χ0v) is 43.5. The number of rotatable bonds is 13. The Labute approximate surface area is 424 Å². The van der Waals surface area contributed by atoms with Gasteiger partial charge in [0.25, 0.3) is 11.8 Å². The van der Waals surface area contributed by atoms with Crippen molar-refractivity contribution in [2.24, 2.45) is 11.3 Å². The third kappa shape index (κ3) is 12.4. The van der Waals surface area contributed by atoms with Crippen LogP contribution in [0.3, 0.4) is 0 Å². The van der Waals surface area contributed by atoms with E-state index in [9.17, 15) is 29.1 Å². The highest BCUT2D eigenvalue weighted by atomic mass is 16.5. The Bertz CT molecular complexity index is 2830. The van der Waals surface area contributed by atoms with Gasteiger partial charge in [0.1, 0.15) is 23.9 Å². The Morgan fingerprint density at radius 1 is 0.931 bits per heavy atom. The van der Waals surface area contributed by atoms with Crippen LogP contribution in [0.4, 0.5) is 5.69 Å². The van der Waals surface area contributed by atoms with Crippen molar-refractivity contribution in [1.82, 2.24) is 35.0 Å². The molecule has 4 aromatic carbocycles. The molecular weight excluding hydrogens is 909 g/mol. The molecule has 0 radical (unpaired) electrons. The second-order valence-corrected chi connectivity index (χ2v) is 21.0. The number of nitrogens with zero attached hydrogens (tertiary/aromatic N) is 5. The van der Waals surface area contributed by atoms with Gasteiger partial charge in [-0.25, -0.2) is 5.43 Å². The van der Waals surface area contributed by atoms with E-state index in [-0.39, 0.29) is 37.1 Å². The molecule has 4 N–H and O–H groups in total. The standard InChI is InChI=1S/C57H72N8O7/c1-11-64-49-25-22-39-32-45(49)46(52(64)44-17-13-12-16-40(44)34-62(8)9)33-57(4,5)35-72-56(71)47-18-14-27-65(60-47)55(70)48(30-37-28-41(39)31-43(66)29-37)59-53(68)51(36(2)3)63(10)54(69)38-20-23-42(24-21-38)58-50(67)19-15-26-61(6)7/h12-13,15-17,19-25,28-29,31-32,36,47-48,51,60,66H,11,14,18,26-27,30,33-35H2,1-10H3,(H,58,67)(H,59,68)/b19-15+/t47-,48-,51-/m0/s1. The van der Waals surface area contributed by atoms with E-state index < -0.39 is 47.2 Å². The molecule has 0 saturated carbocycles. The lowest BCUT2D eigenvalue weighted by Crippen LogP contribution is -2.62. The van der Waals surface area contributed by atoms with Crippen molar-refractivity contribution in [3.63, 3.8) is 0 Å². The molecular formula is C57H72N8O7. The lowest BCUT2D eigenvalue weighted by molar-refractivity contribution is -0.155. The van der Waals surface area contributed by atoms with Crippen molar-refractivity contribution in [3.05, 3.63) is 119 Å². The molecule has 1 aromatic heterocycles. The second-order valence-electron chi connectivity index (χ2n) is 21.0. The number of hydrazine groups is 1. The topological polar surface area (TPSA) is 169 Å². The van der Waals surface area contributed by atoms with Crippen LogP contribution in [0.2, 0.25) is 0 Å². The van der Waals surface area contributed by atoms with E-state index >= 15 is 0 Å². The van der Waals surface area contributed by atoms with E-state index in [1.807, 2.05) is 45.0 Å². The Hall–Kier alpha value is -6.81. The fourth-order valence-electron chi connectivity index (χ4n) is 10.0. The molecule has 15 nitrogen and oxygen atoms in total. The van der Waals surface area contributed by atoms with E-state index in [4.69, 9.17) is 4.74 Å². The van der Waals surface area contributed by atoms with Gasteiger partial charge in [-0.2, -0.15) is 0 Å². The van der Waals surface area contributed by atoms with Gasteiger partial charge in [0.2, 0.25) is 11.8 Å². The number of esters is 1. The average molecular weight is 981 g/mol. The number of phenolic OH excluding ortho intramolecular Hbond substituents is 1. The molecule has 1 fully saturated rings. The average Bonchev–Trinajstić information content (AvgIpc) is 3.63. The summed E-state index contributed by atoms with van der Waals surface area (Å²) in [4.78, 5) is 75.4. The van der Waals surface area contributed by atoms with Gasteiger partial charge in [-0.05, 0) is 137 Å². The minimum Gasteiger partial charge on any atom is -0.508 e. The quantitative estimate of drug-likeness (QED) is 0.0696. The lowest BCUT2D eigenvalue weighted by Gasteiger charge is -2.36. The summed E-state index contributed by atoms with van der Waals surface area (Å²) in [6, 6.07) is 23.5. The largest absolute Gasteiger partial charge is 0.508 e. The third-order valence-corrected chi connectivity index (χ3v) is 13.4. The van der Waals surface area contributed by atoms with Crippen LogP contribution in [0, 0.1) is 11.3 Å². The number of hydrogen-bond acceptors (Lipinski definition) is 10. The van der Waals surface area contributed by atoms with Crippen molar-refractivity contribution < 1.29 is 33.8 Å². The summed E-state index contributed by atoms with van der Waals surface area (Å²) in [6.07, 6.45) is 4.73. The number of aromatic nitrogens is 1. The number of anilines is 1. The van der Waals surface area contributed by atoms with Gasteiger partial charge < -0.3 is 39.7 Å². The zero-order chi connectivity index (χ0) is 52.0. The summed E-state index contributed by atoms with van der Waals surface area (Å²) >= 11 is 0. The van der Waals surface area contributed by atoms with Crippen LogP contribution in [-0.4, -0.2) is 132 Å². The molecule has 0 aliphatic carbocycles. The highest BCUT2D eigenvalue weighted by Gasteiger charge is 2.38. The number of carbonyl (C=O) groups excluding carboxylic acids is 5. The van der Waals surface area contributed by atoms with Crippen molar-refractivity contribution >= 4 is 46.2 Å². The van der Waals surface area contributed by atoms with Gasteiger partial charge in [-0.3, -0.25) is 29.0 Å². The molecule has 2 aliphatic rings. The number of ether oxygens (including phenoxy) is 1. The molecule has 382 valence electrons. The van der Waals surface area contributed by atoms with Crippen LogP contribution in [0.5, 0.6) is 5.75 Å². The van der Waals surface area contributed by atoms with Crippen molar-refractivity contribution in [1.29, 1.82) is 0 Å². The van der Waals surface area contributed by atoms with Gasteiger partial charge in [0, 0.05) is 78.9 Å². The summed E-state index contributed by atoms with van der Waals surface area (Å²) in [5, 5.41) is 19.6. The van der Waals surface area contributed by atoms with Gasteiger partial charge >= 0.3 is 5.97 Å². The second kappa shape index (κ2) is 22.7. The Morgan fingerprint density at radius 2 is 1.67 bits per heavy atom. The summed E-state index contributed by atoms with van der Waals surface area (Å²) in [7, 11) is 9.49. The number of amides is 4. The summed E-state index contributed by atoms with van der Waals surface area (Å²) < 4.78 is 8.51. The van der Waals surface area contributed by atoms with Gasteiger partial charge in [-0.15, -0.1) is 0 Å². The van der Waals surface area contributed by atoms with Crippen molar-refractivity contribution in [3.8, 4) is 28.1 Å². The maximum atomic E-state index is 14.8.